The van der Waals surface area contributed by atoms with Gasteiger partial charge in [0, 0.05) is 23.2 Å². The standard InChI is InChI=1S/C17H17ClN2O/c18-16-13-4-2-1-3-5-14(13)19-17(20-16)12-6-7-15-11(10-12)8-9-21-15/h6-7,10H,1-5,8-9H2. The van der Waals surface area contributed by atoms with Crippen LogP contribution >= 0.6 is 11.6 Å². The molecule has 2 aromatic rings. The number of aryl methyl sites for hydroxylation is 1. The zero-order chi connectivity index (χ0) is 14.2. The minimum absolute atomic E-state index is 0.633. The number of benzene rings is 1. The van der Waals surface area contributed by atoms with Gasteiger partial charge in [-0.05, 0) is 49.4 Å². The Kier molecular flexibility index (Phi) is 3.30. The van der Waals surface area contributed by atoms with Gasteiger partial charge in [0.1, 0.15) is 10.9 Å². The lowest BCUT2D eigenvalue weighted by Gasteiger charge is -2.10. The monoisotopic (exact) mass is 300 g/mol. The number of rotatable bonds is 1. The molecule has 4 rings (SSSR count). The summed E-state index contributed by atoms with van der Waals surface area (Å²) in [6.45, 7) is 0.768. The van der Waals surface area contributed by atoms with Crippen LogP contribution in [0.4, 0.5) is 0 Å². The van der Waals surface area contributed by atoms with E-state index in [0.717, 1.165) is 54.3 Å². The van der Waals surface area contributed by atoms with Crippen LogP contribution in [0.15, 0.2) is 18.2 Å². The van der Waals surface area contributed by atoms with Crippen molar-refractivity contribution in [1.29, 1.82) is 0 Å². The molecule has 2 heterocycles. The van der Waals surface area contributed by atoms with Gasteiger partial charge in [-0.3, -0.25) is 0 Å². The van der Waals surface area contributed by atoms with Gasteiger partial charge >= 0.3 is 0 Å². The first-order valence-electron chi connectivity index (χ1n) is 7.62. The number of ether oxygens (including phenoxy) is 1. The van der Waals surface area contributed by atoms with Crippen LogP contribution in [0.25, 0.3) is 11.4 Å². The molecule has 4 heteroatoms. The maximum absolute atomic E-state index is 6.41. The Labute approximate surface area is 129 Å². The summed E-state index contributed by atoms with van der Waals surface area (Å²) in [5.41, 5.74) is 4.57. The number of hydrogen-bond donors (Lipinski definition) is 0. The summed E-state index contributed by atoms with van der Waals surface area (Å²) >= 11 is 6.41. The lowest BCUT2D eigenvalue weighted by atomic mass is 10.1. The molecule has 0 fully saturated rings. The van der Waals surface area contributed by atoms with Gasteiger partial charge in [0.15, 0.2) is 5.82 Å². The summed E-state index contributed by atoms with van der Waals surface area (Å²) in [7, 11) is 0. The van der Waals surface area contributed by atoms with E-state index in [-0.39, 0.29) is 0 Å². The molecule has 0 unspecified atom stereocenters. The van der Waals surface area contributed by atoms with Crippen LogP contribution in [0.2, 0.25) is 5.15 Å². The normalized spacial score (nSPS) is 16.8. The average molecular weight is 301 g/mol. The van der Waals surface area contributed by atoms with E-state index < -0.39 is 0 Å². The fraction of sp³-hybridized carbons (Fsp3) is 0.412. The fourth-order valence-corrected chi connectivity index (χ4v) is 3.46. The highest BCUT2D eigenvalue weighted by atomic mass is 35.5. The summed E-state index contributed by atoms with van der Waals surface area (Å²) in [4.78, 5) is 9.33. The van der Waals surface area contributed by atoms with Crippen molar-refractivity contribution in [2.24, 2.45) is 0 Å². The van der Waals surface area contributed by atoms with Gasteiger partial charge in [-0.1, -0.05) is 18.0 Å². The predicted octanol–water partition coefficient (Wildman–Crippen LogP) is 4.00. The summed E-state index contributed by atoms with van der Waals surface area (Å²) in [6, 6.07) is 6.18. The Morgan fingerprint density at radius 1 is 1.00 bits per heavy atom. The molecule has 0 spiro atoms. The smallest absolute Gasteiger partial charge is 0.161 e. The second-order valence-corrected chi connectivity index (χ2v) is 6.10. The Morgan fingerprint density at radius 3 is 2.86 bits per heavy atom. The van der Waals surface area contributed by atoms with Crippen molar-refractivity contribution in [3.8, 4) is 17.1 Å². The Morgan fingerprint density at radius 2 is 1.90 bits per heavy atom. The highest BCUT2D eigenvalue weighted by Gasteiger charge is 2.18. The highest BCUT2D eigenvalue weighted by molar-refractivity contribution is 6.30. The van der Waals surface area contributed by atoms with Crippen molar-refractivity contribution in [2.75, 3.05) is 6.61 Å². The second kappa shape index (κ2) is 5.30. The first kappa shape index (κ1) is 13.1. The molecule has 0 saturated carbocycles. The first-order valence-corrected chi connectivity index (χ1v) is 8.00. The van der Waals surface area contributed by atoms with E-state index >= 15 is 0 Å². The first-order chi connectivity index (χ1) is 10.3. The molecule has 108 valence electrons. The van der Waals surface area contributed by atoms with Crippen molar-refractivity contribution < 1.29 is 4.74 Å². The van der Waals surface area contributed by atoms with Crippen molar-refractivity contribution >= 4 is 11.6 Å². The number of fused-ring (bicyclic) bond motifs is 2. The van der Waals surface area contributed by atoms with E-state index in [4.69, 9.17) is 21.3 Å². The van der Waals surface area contributed by atoms with Crippen molar-refractivity contribution in [3.63, 3.8) is 0 Å². The third kappa shape index (κ3) is 2.40. The van der Waals surface area contributed by atoms with Crippen molar-refractivity contribution in [3.05, 3.63) is 40.2 Å². The second-order valence-electron chi connectivity index (χ2n) is 5.74. The molecular weight excluding hydrogens is 284 g/mol. The van der Waals surface area contributed by atoms with Crippen LogP contribution < -0.4 is 4.74 Å². The molecule has 1 aliphatic carbocycles. The Balaban J connectivity index is 1.78. The van der Waals surface area contributed by atoms with E-state index in [0.29, 0.717) is 5.15 Å². The quantitative estimate of drug-likeness (QED) is 0.590. The van der Waals surface area contributed by atoms with Crippen molar-refractivity contribution in [2.45, 2.75) is 38.5 Å². The van der Waals surface area contributed by atoms with Crippen LogP contribution in [0.3, 0.4) is 0 Å². The van der Waals surface area contributed by atoms with E-state index in [1.165, 1.54) is 24.8 Å². The molecule has 0 bridgehead atoms. The molecule has 3 nitrogen and oxygen atoms in total. The Hall–Kier alpha value is -1.61. The number of nitrogens with zero attached hydrogens (tertiary/aromatic N) is 2. The van der Waals surface area contributed by atoms with E-state index in [2.05, 4.69) is 11.1 Å². The number of halogens is 1. The molecule has 1 aromatic heterocycles. The summed E-state index contributed by atoms with van der Waals surface area (Å²) in [5, 5.41) is 0.633. The van der Waals surface area contributed by atoms with Crippen LogP contribution in [-0.4, -0.2) is 16.6 Å². The summed E-state index contributed by atoms with van der Waals surface area (Å²) in [6.07, 6.45) is 6.61. The van der Waals surface area contributed by atoms with Gasteiger partial charge in [-0.25, -0.2) is 9.97 Å². The minimum Gasteiger partial charge on any atom is -0.493 e. The zero-order valence-corrected chi connectivity index (χ0v) is 12.6. The third-order valence-corrected chi connectivity index (χ3v) is 4.64. The number of hydrogen-bond acceptors (Lipinski definition) is 3. The maximum atomic E-state index is 6.41. The van der Waals surface area contributed by atoms with Gasteiger partial charge in [-0.2, -0.15) is 0 Å². The van der Waals surface area contributed by atoms with Gasteiger partial charge in [-0.15, -0.1) is 0 Å². The fourth-order valence-electron chi connectivity index (χ4n) is 3.18. The van der Waals surface area contributed by atoms with Crippen LogP contribution in [-0.2, 0) is 19.3 Å². The Bertz CT molecular complexity index is 699. The molecule has 1 aliphatic heterocycles. The maximum Gasteiger partial charge on any atom is 0.161 e. The number of aromatic nitrogens is 2. The van der Waals surface area contributed by atoms with Gasteiger partial charge in [0.05, 0.1) is 6.61 Å². The summed E-state index contributed by atoms with van der Waals surface area (Å²) < 4.78 is 5.55. The molecule has 1 aromatic carbocycles. The molecule has 0 amide bonds. The molecule has 0 saturated heterocycles. The van der Waals surface area contributed by atoms with E-state index in [1.54, 1.807) is 0 Å². The minimum atomic E-state index is 0.633. The molecular formula is C17H17ClN2O. The van der Waals surface area contributed by atoms with Crippen LogP contribution in [0.5, 0.6) is 5.75 Å². The molecule has 0 radical (unpaired) electrons. The lowest BCUT2D eigenvalue weighted by molar-refractivity contribution is 0.357. The van der Waals surface area contributed by atoms with Gasteiger partial charge in [0.2, 0.25) is 0 Å². The molecule has 2 aliphatic rings. The predicted molar refractivity (Wildman–Crippen MR) is 82.9 cm³/mol. The molecule has 21 heavy (non-hydrogen) atoms. The van der Waals surface area contributed by atoms with Gasteiger partial charge in [0.25, 0.3) is 0 Å². The highest BCUT2D eigenvalue weighted by Crippen LogP contribution is 2.31. The van der Waals surface area contributed by atoms with Crippen molar-refractivity contribution in [1.82, 2.24) is 9.97 Å². The zero-order valence-electron chi connectivity index (χ0n) is 11.9. The van der Waals surface area contributed by atoms with Crippen LogP contribution in [0.1, 0.15) is 36.1 Å². The van der Waals surface area contributed by atoms with E-state index in [1.807, 2.05) is 12.1 Å². The SMILES string of the molecule is Clc1nc(-c2ccc3c(c2)CCO3)nc2c1CCCCC2. The molecule has 0 N–H and O–H groups in total. The van der Waals surface area contributed by atoms with Gasteiger partial charge < -0.3 is 4.74 Å². The summed E-state index contributed by atoms with van der Waals surface area (Å²) in [5.74, 6) is 1.73. The lowest BCUT2D eigenvalue weighted by Crippen LogP contribution is -2.02. The van der Waals surface area contributed by atoms with Crippen LogP contribution in [0, 0.1) is 0 Å². The third-order valence-electron chi connectivity index (χ3n) is 4.33. The topological polar surface area (TPSA) is 35.0 Å². The van der Waals surface area contributed by atoms with E-state index in [9.17, 15) is 0 Å². The largest absolute Gasteiger partial charge is 0.493 e. The molecule has 0 atom stereocenters. The average Bonchev–Trinajstić information content (AvgIpc) is 2.83.